The minimum absolute atomic E-state index is 0.119. The van der Waals surface area contributed by atoms with E-state index >= 15 is 0 Å². The SMILES string of the molecule is Cc1csc2c(=O)[nH]c(CN(C)CC(=O)N(C)c3ccc(Cl)c(Cl)c3)nc12. The van der Waals surface area contributed by atoms with Crippen molar-refractivity contribution in [2.45, 2.75) is 13.5 Å². The van der Waals surface area contributed by atoms with Crippen LogP contribution in [0, 0.1) is 6.92 Å². The lowest BCUT2D eigenvalue weighted by Crippen LogP contribution is -2.36. The molecule has 1 N–H and O–H groups in total. The number of thiophene rings is 1. The molecule has 142 valence electrons. The topological polar surface area (TPSA) is 69.3 Å². The molecule has 0 radical (unpaired) electrons. The summed E-state index contributed by atoms with van der Waals surface area (Å²) in [7, 11) is 3.47. The molecule has 9 heteroatoms. The molecule has 0 unspecified atom stereocenters. The Hall–Kier alpha value is -1.93. The van der Waals surface area contributed by atoms with Crippen molar-refractivity contribution in [2.24, 2.45) is 0 Å². The minimum atomic E-state index is -0.152. The predicted molar refractivity (Wildman–Crippen MR) is 111 cm³/mol. The van der Waals surface area contributed by atoms with Gasteiger partial charge in [-0.25, -0.2) is 4.98 Å². The fraction of sp³-hybridized carbons (Fsp3) is 0.278. The summed E-state index contributed by atoms with van der Waals surface area (Å²) in [6, 6.07) is 5.03. The first kappa shape index (κ1) is 19.8. The zero-order chi connectivity index (χ0) is 19.7. The van der Waals surface area contributed by atoms with E-state index in [1.54, 1.807) is 37.2 Å². The summed E-state index contributed by atoms with van der Waals surface area (Å²) in [6.07, 6.45) is 0. The van der Waals surface area contributed by atoms with Crippen LogP contribution in [0.1, 0.15) is 11.4 Å². The number of rotatable bonds is 5. The second-order valence-electron chi connectivity index (χ2n) is 6.33. The van der Waals surface area contributed by atoms with Crippen LogP contribution in [0.3, 0.4) is 0 Å². The number of H-pyrrole nitrogens is 1. The lowest BCUT2D eigenvalue weighted by Gasteiger charge is -2.22. The molecule has 0 saturated heterocycles. The Balaban J connectivity index is 1.70. The monoisotopic (exact) mass is 424 g/mol. The Labute approximate surface area is 170 Å². The van der Waals surface area contributed by atoms with Gasteiger partial charge in [0, 0.05) is 12.7 Å². The number of likely N-dealkylation sites (N-methyl/N-ethyl adjacent to an activating group) is 2. The van der Waals surface area contributed by atoms with Gasteiger partial charge in [0.05, 0.1) is 28.7 Å². The number of nitrogens with one attached hydrogen (secondary N) is 1. The summed E-state index contributed by atoms with van der Waals surface area (Å²) in [5.41, 5.74) is 2.19. The highest BCUT2D eigenvalue weighted by atomic mass is 35.5. The largest absolute Gasteiger partial charge is 0.314 e. The van der Waals surface area contributed by atoms with Gasteiger partial charge in [-0.1, -0.05) is 23.2 Å². The van der Waals surface area contributed by atoms with Gasteiger partial charge in [-0.3, -0.25) is 14.5 Å². The van der Waals surface area contributed by atoms with E-state index in [0.717, 1.165) is 5.56 Å². The Kier molecular flexibility index (Phi) is 5.86. The van der Waals surface area contributed by atoms with Crippen molar-refractivity contribution in [2.75, 3.05) is 25.5 Å². The maximum atomic E-state index is 12.5. The van der Waals surface area contributed by atoms with Crippen LogP contribution in [0.15, 0.2) is 28.4 Å². The molecule has 0 aliphatic heterocycles. The lowest BCUT2D eigenvalue weighted by molar-refractivity contribution is -0.119. The third kappa shape index (κ3) is 4.32. The molecule has 3 aromatic rings. The van der Waals surface area contributed by atoms with Gasteiger partial charge in [-0.05, 0) is 43.1 Å². The number of hydrogen-bond acceptors (Lipinski definition) is 5. The smallest absolute Gasteiger partial charge is 0.268 e. The number of carbonyl (C=O) groups is 1. The molecule has 0 saturated carbocycles. The number of carbonyl (C=O) groups excluding carboxylic acids is 1. The van der Waals surface area contributed by atoms with Crippen LogP contribution in [-0.2, 0) is 11.3 Å². The zero-order valence-electron chi connectivity index (χ0n) is 15.0. The lowest BCUT2D eigenvalue weighted by atomic mass is 10.3. The second-order valence-corrected chi connectivity index (χ2v) is 8.03. The van der Waals surface area contributed by atoms with Crippen LogP contribution in [0.2, 0.25) is 10.0 Å². The molecule has 27 heavy (non-hydrogen) atoms. The van der Waals surface area contributed by atoms with E-state index in [1.165, 1.54) is 16.2 Å². The zero-order valence-corrected chi connectivity index (χ0v) is 17.4. The van der Waals surface area contributed by atoms with Gasteiger partial charge in [0.2, 0.25) is 5.91 Å². The number of benzene rings is 1. The van der Waals surface area contributed by atoms with Crippen molar-refractivity contribution >= 4 is 56.3 Å². The summed E-state index contributed by atoms with van der Waals surface area (Å²) in [5.74, 6) is 0.410. The average molecular weight is 425 g/mol. The maximum absolute atomic E-state index is 12.5. The summed E-state index contributed by atoms with van der Waals surface area (Å²) in [4.78, 5) is 35.3. The number of aromatic amines is 1. The van der Waals surface area contributed by atoms with Gasteiger partial charge in [0.1, 0.15) is 10.5 Å². The molecule has 6 nitrogen and oxygen atoms in total. The van der Waals surface area contributed by atoms with Crippen LogP contribution >= 0.6 is 34.5 Å². The Morgan fingerprint density at radius 1 is 1.26 bits per heavy atom. The molecule has 1 amide bonds. The number of aromatic nitrogens is 2. The number of nitrogens with zero attached hydrogens (tertiary/aromatic N) is 3. The highest BCUT2D eigenvalue weighted by Crippen LogP contribution is 2.26. The van der Waals surface area contributed by atoms with Crippen LogP contribution in [0.5, 0.6) is 0 Å². The van der Waals surface area contributed by atoms with Gasteiger partial charge in [0.15, 0.2) is 0 Å². The minimum Gasteiger partial charge on any atom is -0.314 e. The van der Waals surface area contributed by atoms with Crippen molar-refractivity contribution < 1.29 is 4.79 Å². The molecule has 0 atom stereocenters. The van der Waals surface area contributed by atoms with Crippen molar-refractivity contribution in [1.29, 1.82) is 0 Å². The van der Waals surface area contributed by atoms with Crippen molar-refractivity contribution in [3.63, 3.8) is 0 Å². The Morgan fingerprint density at radius 3 is 2.70 bits per heavy atom. The number of aryl methyl sites for hydroxylation is 1. The van der Waals surface area contributed by atoms with Gasteiger partial charge in [-0.2, -0.15) is 0 Å². The molecule has 0 aliphatic rings. The number of fused-ring (bicyclic) bond motifs is 1. The molecule has 0 spiro atoms. The molecule has 0 bridgehead atoms. The van der Waals surface area contributed by atoms with E-state index in [1.807, 2.05) is 12.3 Å². The first-order valence-corrected chi connectivity index (χ1v) is 9.77. The van der Waals surface area contributed by atoms with Crippen molar-refractivity contribution in [3.05, 3.63) is 55.4 Å². The number of amides is 1. The predicted octanol–water partition coefficient (Wildman–Crippen LogP) is 3.69. The van der Waals surface area contributed by atoms with Crippen LogP contribution in [-0.4, -0.2) is 41.4 Å². The summed E-state index contributed by atoms with van der Waals surface area (Å²) >= 11 is 13.3. The second kappa shape index (κ2) is 7.98. The number of anilines is 1. The standard InChI is InChI=1S/C18H18Cl2N4O2S/c1-10-9-27-17-16(10)21-14(22-18(17)26)7-23(2)8-15(25)24(3)11-4-5-12(19)13(20)6-11/h4-6,9H,7-8H2,1-3H3,(H,21,22,26). The first-order chi connectivity index (χ1) is 12.8. The third-order valence-electron chi connectivity index (χ3n) is 4.14. The molecular formula is C18H18Cl2N4O2S. The van der Waals surface area contributed by atoms with E-state index in [4.69, 9.17) is 23.2 Å². The van der Waals surface area contributed by atoms with Crippen LogP contribution in [0.4, 0.5) is 5.69 Å². The fourth-order valence-corrected chi connectivity index (χ4v) is 3.82. The van der Waals surface area contributed by atoms with E-state index in [-0.39, 0.29) is 18.0 Å². The van der Waals surface area contributed by atoms with Crippen LogP contribution in [0.25, 0.3) is 10.2 Å². The fourth-order valence-electron chi connectivity index (χ4n) is 2.65. The van der Waals surface area contributed by atoms with Gasteiger partial charge >= 0.3 is 0 Å². The van der Waals surface area contributed by atoms with E-state index in [9.17, 15) is 9.59 Å². The van der Waals surface area contributed by atoms with E-state index < -0.39 is 0 Å². The van der Waals surface area contributed by atoms with E-state index in [2.05, 4.69) is 9.97 Å². The molecule has 0 fully saturated rings. The van der Waals surface area contributed by atoms with Gasteiger partial charge < -0.3 is 9.88 Å². The van der Waals surface area contributed by atoms with Gasteiger partial charge in [0.25, 0.3) is 5.56 Å². The highest BCUT2D eigenvalue weighted by molar-refractivity contribution is 7.17. The molecule has 2 heterocycles. The quantitative estimate of drug-likeness (QED) is 0.677. The third-order valence-corrected chi connectivity index (χ3v) is 5.97. The molecule has 3 rings (SSSR count). The molecule has 1 aromatic carbocycles. The maximum Gasteiger partial charge on any atom is 0.268 e. The van der Waals surface area contributed by atoms with Crippen LogP contribution < -0.4 is 10.5 Å². The normalized spacial score (nSPS) is 11.3. The summed E-state index contributed by atoms with van der Waals surface area (Å²) in [6.45, 7) is 2.43. The Morgan fingerprint density at radius 2 is 2.00 bits per heavy atom. The summed E-state index contributed by atoms with van der Waals surface area (Å²) < 4.78 is 0.620. The average Bonchev–Trinajstić information content (AvgIpc) is 2.98. The Bertz CT molecular complexity index is 1060. The first-order valence-electron chi connectivity index (χ1n) is 8.13. The summed E-state index contributed by atoms with van der Waals surface area (Å²) in [5, 5.41) is 2.74. The molecule has 2 aromatic heterocycles. The van der Waals surface area contributed by atoms with Crippen molar-refractivity contribution in [3.8, 4) is 0 Å². The molecule has 0 aliphatic carbocycles. The van der Waals surface area contributed by atoms with Gasteiger partial charge in [-0.15, -0.1) is 11.3 Å². The number of halogens is 2. The molecular weight excluding hydrogens is 407 g/mol. The van der Waals surface area contributed by atoms with Crippen molar-refractivity contribution in [1.82, 2.24) is 14.9 Å². The van der Waals surface area contributed by atoms with E-state index in [0.29, 0.717) is 38.3 Å². The highest BCUT2D eigenvalue weighted by Gasteiger charge is 2.16. The number of hydrogen-bond donors (Lipinski definition) is 1.